The van der Waals surface area contributed by atoms with Crippen molar-refractivity contribution in [3.05, 3.63) is 39.8 Å². The number of carbonyl (C=O) groups excluding carboxylic acids is 2. The molecule has 0 N–H and O–H groups in total. The van der Waals surface area contributed by atoms with Gasteiger partial charge in [-0.05, 0) is 18.2 Å². The van der Waals surface area contributed by atoms with Crippen molar-refractivity contribution in [2.45, 2.75) is 0 Å². The molecule has 0 radical (unpaired) electrons. The summed E-state index contributed by atoms with van der Waals surface area (Å²) in [5.41, 5.74) is 0.936. The minimum atomic E-state index is -0.544. The highest BCUT2D eigenvalue weighted by Gasteiger charge is 2.35. The van der Waals surface area contributed by atoms with E-state index in [1.165, 1.54) is 4.90 Å². The molecule has 16 heavy (non-hydrogen) atoms. The molecule has 0 unspecified atom stereocenters. The molecule has 0 aliphatic carbocycles. The molecule has 5 heteroatoms. The second-order valence-electron chi connectivity index (χ2n) is 3.40. The van der Waals surface area contributed by atoms with E-state index < -0.39 is 11.7 Å². The van der Waals surface area contributed by atoms with Gasteiger partial charge < -0.3 is 0 Å². The molecule has 1 heterocycles. The van der Waals surface area contributed by atoms with Gasteiger partial charge in [0.05, 0.1) is 17.8 Å². The van der Waals surface area contributed by atoms with E-state index in [1.54, 1.807) is 18.2 Å². The standard InChI is InChI=1S/C11H7BrClNO2/c1-6(12)5-14-9-4-7(13)2-3-8(9)10(15)11(14)16/h2-4H,1,5H2. The topological polar surface area (TPSA) is 37.4 Å². The molecule has 82 valence electrons. The molecule has 0 atom stereocenters. The minimum absolute atomic E-state index is 0.262. The van der Waals surface area contributed by atoms with Gasteiger partial charge in [-0.25, -0.2) is 0 Å². The van der Waals surface area contributed by atoms with E-state index in [1.807, 2.05) is 0 Å². The van der Waals surface area contributed by atoms with Crippen molar-refractivity contribution >= 4 is 44.9 Å². The zero-order valence-electron chi connectivity index (χ0n) is 8.17. The number of hydrogen-bond acceptors (Lipinski definition) is 2. The van der Waals surface area contributed by atoms with Gasteiger partial charge in [-0.3, -0.25) is 14.5 Å². The lowest BCUT2D eigenvalue weighted by atomic mass is 10.1. The summed E-state index contributed by atoms with van der Waals surface area (Å²) >= 11 is 9.01. The lowest BCUT2D eigenvalue weighted by Gasteiger charge is -2.15. The smallest absolute Gasteiger partial charge is 0.299 e. The van der Waals surface area contributed by atoms with Crippen LogP contribution >= 0.6 is 27.5 Å². The number of Topliss-reactive ketones (excluding diaryl/α,β-unsaturated/α-hetero) is 1. The third-order valence-electron chi connectivity index (χ3n) is 2.26. The van der Waals surface area contributed by atoms with E-state index in [4.69, 9.17) is 11.6 Å². The molecule has 1 aliphatic rings. The molecule has 0 saturated heterocycles. The number of carbonyl (C=O) groups is 2. The van der Waals surface area contributed by atoms with Crippen LogP contribution in [0.2, 0.25) is 5.02 Å². The number of fused-ring (bicyclic) bond motifs is 1. The maximum Gasteiger partial charge on any atom is 0.299 e. The Morgan fingerprint density at radius 3 is 2.75 bits per heavy atom. The second-order valence-corrected chi connectivity index (χ2v) is 4.96. The Bertz CT molecular complexity index is 513. The Labute approximate surface area is 106 Å². The Kier molecular flexibility index (Phi) is 2.86. The molecular weight excluding hydrogens is 293 g/mol. The van der Waals surface area contributed by atoms with Crippen LogP contribution in [0.25, 0.3) is 0 Å². The van der Waals surface area contributed by atoms with E-state index >= 15 is 0 Å². The summed E-state index contributed by atoms with van der Waals surface area (Å²) in [5, 5.41) is 0.492. The van der Waals surface area contributed by atoms with Gasteiger partial charge in [-0.2, -0.15) is 0 Å². The summed E-state index contributed by atoms with van der Waals surface area (Å²) in [6.45, 7) is 3.91. The molecule has 3 nitrogen and oxygen atoms in total. The van der Waals surface area contributed by atoms with Crippen LogP contribution in [-0.4, -0.2) is 18.2 Å². The number of hydrogen-bond donors (Lipinski definition) is 0. The third-order valence-corrected chi connectivity index (χ3v) is 2.75. The fourth-order valence-electron chi connectivity index (χ4n) is 1.60. The van der Waals surface area contributed by atoms with Crippen molar-refractivity contribution in [1.29, 1.82) is 0 Å². The van der Waals surface area contributed by atoms with Crippen molar-refractivity contribution in [3.8, 4) is 0 Å². The fourth-order valence-corrected chi connectivity index (χ4v) is 2.01. The van der Waals surface area contributed by atoms with Crippen molar-refractivity contribution in [2.75, 3.05) is 11.4 Å². The number of benzene rings is 1. The summed E-state index contributed by atoms with van der Waals surface area (Å²) < 4.78 is 0.626. The summed E-state index contributed by atoms with van der Waals surface area (Å²) in [7, 11) is 0. The number of nitrogens with zero attached hydrogens (tertiary/aromatic N) is 1. The first kappa shape index (κ1) is 11.4. The maximum absolute atomic E-state index is 11.7. The number of rotatable bonds is 2. The zero-order valence-corrected chi connectivity index (χ0v) is 10.5. The highest BCUT2D eigenvalue weighted by Crippen LogP contribution is 2.32. The molecule has 1 aromatic rings. The molecule has 1 aromatic carbocycles. The molecule has 1 aliphatic heterocycles. The van der Waals surface area contributed by atoms with E-state index in [2.05, 4.69) is 22.5 Å². The maximum atomic E-state index is 11.7. The van der Waals surface area contributed by atoms with E-state index in [0.29, 0.717) is 20.8 Å². The number of amides is 1. The van der Waals surface area contributed by atoms with Crippen LogP contribution in [-0.2, 0) is 4.79 Å². The highest BCUT2D eigenvalue weighted by atomic mass is 79.9. The number of halogens is 2. The van der Waals surface area contributed by atoms with Crippen LogP contribution in [0.15, 0.2) is 29.3 Å². The first-order valence-electron chi connectivity index (χ1n) is 4.49. The van der Waals surface area contributed by atoms with E-state index in [0.717, 1.165) is 0 Å². The number of anilines is 1. The van der Waals surface area contributed by atoms with Crippen LogP contribution in [0.5, 0.6) is 0 Å². The van der Waals surface area contributed by atoms with Crippen LogP contribution < -0.4 is 4.90 Å². The molecular formula is C11H7BrClNO2. The average molecular weight is 301 g/mol. The first-order valence-corrected chi connectivity index (χ1v) is 5.67. The van der Waals surface area contributed by atoms with Gasteiger partial charge in [-0.15, -0.1) is 0 Å². The third kappa shape index (κ3) is 1.79. The van der Waals surface area contributed by atoms with Gasteiger partial charge in [0.1, 0.15) is 0 Å². The predicted molar refractivity (Wildman–Crippen MR) is 66.2 cm³/mol. The Morgan fingerprint density at radius 2 is 2.12 bits per heavy atom. The second kappa shape index (κ2) is 4.03. The predicted octanol–water partition coefficient (Wildman–Crippen LogP) is 2.78. The largest absolute Gasteiger partial charge is 0.300 e. The molecule has 2 rings (SSSR count). The Balaban J connectivity index is 2.51. The van der Waals surface area contributed by atoms with Crippen molar-refractivity contribution in [2.24, 2.45) is 0 Å². The summed E-state index contributed by atoms with van der Waals surface area (Å²) in [5.74, 6) is -1.04. The lowest BCUT2D eigenvalue weighted by molar-refractivity contribution is -0.114. The molecule has 0 spiro atoms. The Morgan fingerprint density at radius 1 is 1.44 bits per heavy atom. The van der Waals surface area contributed by atoms with Crippen molar-refractivity contribution in [3.63, 3.8) is 0 Å². The van der Waals surface area contributed by atoms with Gasteiger partial charge in [0.25, 0.3) is 11.7 Å². The van der Waals surface area contributed by atoms with Gasteiger partial charge >= 0.3 is 0 Å². The van der Waals surface area contributed by atoms with Crippen molar-refractivity contribution in [1.82, 2.24) is 0 Å². The molecule has 0 saturated carbocycles. The van der Waals surface area contributed by atoms with Gasteiger partial charge in [-0.1, -0.05) is 34.1 Å². The first-order chi connectivity index (χ1) is 7.50. The average Bonchev–Trinajstić information content (AvgIpc) is 2.43. The van der Waals surface area contributed by atoms with Gasteiger partial charge in [0.2, 0.25) is 0 Å². The minimum Gasteiger partial charge on any atom is -0.300 e. The van der Waals surface area contributed by atoms with Crippen LogP contribution in [0, 0.1) is 0 Å². The highest BCUT2D eigenvalue weighted by molar-refractivity contribution is 9.11. The van der Waals surface area contributed by atoms with Crippen molar-refractivity contribution < 1.29 is 9.59 Å². The Hall–Kier alpha value is -1.13. The van der Waals surface area contributed by atoms with E-state index in [9.17, 15) is 9.59 Å². The lowest BCUT2D eigenvalue weighted by Crippen LogP contribution is -2.30. The molecule has 0 bridgehead atoms. The number of ketones is 1. The van der Waals surface area contributed by atoms with E-state index in [-0.39, 0.29) is 6.54 Å². The fraction of sp³-hybridized carbons (Fsp3) is 0.0909. The van der Waals surface area contributed by atoms with Crippen LogP contribution in [0.1, 0.15) is 10.4 Å². The monoisotopic (exact) mass is 299 g/mol. The van der Waals surface area contributed by atoms with Crippen LogP contribution in [0.4, 0.5) is 5.69 Å². The quantitative estimate of drug-likeness (QED) is 0.788. The molecule has 1 amide bonds. The summed E-state index contributed by atoms with van der Waals surface area (Å²) in [4.78, 5) is 24.7. The molecule has 0 fully saturated rings. The molecule has 0 aromatic heterocycles. The SMILES string of the molecule is C=C(Br)CN1C(=O)C(=O)c2ccc(Cl)cc21. The summed E-state index contributed by atoms with van der Waals surface area (Å²) in [6, 6.07) is 4.77. The zero-order chi connectivity index (χ0) is 11.9. The van der Waals surface area contributed by atoms with Gasteiger partial charge in [0.15, 0.2) is 0 Å². The van der Waals surface area contributed by atoms with Gasteiger partial charge in [0, 0.05) is 9.51 Å². The van der Waals surface area contributed by atoms with Crippen LogP contribution in [0.3, 0.4) is 0 Å². The normalized spacial score (nSPS) is 14.2. The summed E-state index contributed by atoms with van der Waals surface area (Å²) in [6.07, 6.45) is 0.